The normalized spacial score (nSPS) is 27.5. The number of carbonyl (C=O) groups is 1. The molecule has 2 heterocycles. The summed E-state index contributed by atoms with van der Waals surface area (Å²) in [6, 6.07) is 9.49. The average molecular weight is 561 g/mol. The molecule has 3 N–H and O–H groups in total. The van der Waals surface area contributed by atoms with Gasteiger partial charge in [-0.15, -0.1) is 4.40 Å². The van der Waals surface area contributed by atoms with Crippen molar-refractivity contribution >= 4 is 43.2 Å². The van der Waals surface area contributed by atoms with Crippen LogP contribution in [0.4, 0.5) is 15.8 Å². The van der Waals surface area contributed by atoms with Crippen molar-refractivity contribution in [3.8, 4) is 0 Å². The van der Waals surface area contributed by atoms with Gasteiger partial charge in [0.05, 0.1) is 11.9 Å². The zero-order chi connectivity index (χ0) is 27.0. The molecule has 38 heavy (non-hydrogen) atoms. The number of carbonyl (C=O) groups excluding carboxylic acids is 1. The monoisotopic (exact) mass is 560 g/mol. The number of hydrogen-bond acceptors (Lipinski definition) is 7. The van der Waals surface area contributed by atoms with Crippen LogP contribution in [0.25, 0.3) is 0 Å². The standard InChI is InChI=1S/C25H25FN4O6S2/c1-37(33,34)28-17-8-9-18-19(11-17)38(35,36)29-24(27-18)21-23(31)20-14-4-5-15(10-14)22(20)30(25(21)32)12-13-2-6-16(26)7-3-13/h2-3,6-9,11,14-15,20,22,28,31H,4-5,10,12H2,1H3,(H,27,29)/t14-,15+,20?,22?/m0/s1. The summed E-state index contributed by atoms with van der Waals surface area (Å²) in [7, 11) is -7.99. The van der Waals surface area contributed by atoms with Crippen molar-refractivity contribution in [3.05, 3.63) is 65.2 Å². The molecule has 2 saturated carbocycles. The van der Waals surface area contributed by atoms with Gasteiger partial charge in [-0.1, -0.05) is 12.1 Å². The highest BCUT2D eigenvalue weighted by Crippen LogP contribution is 2.55. The Balaban J connectivity index is 1.41. The summed E-state index contributed by atoms with van der Waals surface area (Å²) in [5, 5.41) is 14.3. The average Bonchev–Trinajstić information content (AvgIpc) is 3.45. The number of halogens is 1. The molecule has 2 aliphatic carbocycles. The van der Waals surface area contributed by atoms with E-state index in [1.807, 2.05) is 0 Å². The van der Waals surface area contributed by atoms with Gasteiger partial charge in [0.2, 0.25) is 10.0 Å². The van der Waals surface area contributed by atoms with Gasteiger partial charge in [0.25, 0.3) is 15.9 Å². The molecular weight excluding hydrogens is 535 g/mol. The second-order valence-electron chi connectivity index (χ2n) is 10.3. The lowest BCUT2D eigenvalue weighted by Crippen LogP contribution is -2.53. The number of hydrogen-bond donors (Lipinski definition) is 3. The van der Waals surface area contributed by atoms with Gasteiger partial charge in [0.1, 0.15) is 22.0 Å². The van der Waals surface area contributed by atoms with Gasteiger partial charge in [0.15, 0.2) is 5.84 Å². The summed E-state index contributed by atoms with van der Waals surface area (Å²) >= 11 is 0. The summed E-state index contributed by atoms with van der Waals surface area (Å²) in [6.45, 7) is 0.178. The molecule has 2 aliphatic heterocycles. The molecule has 4 atom stereocenters. The minimum atomic E-state index is -4.35. The number of aliphatic hydroxyl groups is 1. The Morgan fingerprint density at radius 2 is 1.87 bits per heavy atom. The fourth-order valence-electron chi connectivity index (χ4n) is 6.38. The predicted octanol–water partition coefficient (Wildman–Crippen LogP) is 2.98. The number of fused-ring (bicyclic) bond motifs is 6. The SMILES string of the molecule is CS(=O)(=O)Nc1ccc2c(c1)S(=O)(=O)N=C(C1=C(O)C3C([C@@H]4CC[C@H]3C4)N(Cc3ccc(F)cc3)C1=O)N2. The maximum atomic E-state index is 13.9. The highest BCUT2D eigenvalue weighted by molar-refractivity contribution is 7.92. The van der Waals surface area contributed by atoms with Crippen LogP contribution in [0.5, 0.6) is 0 Å². The minimum Gasteiger partial charge on any atom is -0.511 e. The van der Waals surface area contributed by atoms with E-state index in [2.05, 4.69) is 14.4 Å². The Kier molecular flexibility index (Phi) is 5.58. The smallest absolute Gasteiger partial charge is 0.286 e. The fraction of sp³-hybridized carbons (Fsp3) is 0.360. The first-order valence-electron chi connectivity index (χ1n) is 12.1. The van der Waals surface area contributed by atoms with Gasteiger partial charge < -0.3 is 15.3 Å². The molecule has 13 heteroatoms. The van der Waals surface area contributed by atoms with E-state index in [4.69, 9.17) is 0 Å². The first-order valence-corrected chi connectivity index (χ1v) is 15.5. The van der Waals surface area contributed by atoms with Crippen molar-refractivity contribution in [2.45, 2.75) is 36.7 Å². The summed E-state index contributed by atoms with van der Waals surface area (Å²) in [5.74, 6) is -1.38. The molecule has 10 nitrogen and oxygen atoms in total. The van der Waals surface area contributed by atoms with Crippen LogP contribution in [-0.2, 0) is 31.4 Å². The van der Waals surface area contributed by atoms with E-state index in [1.54, 1.807) is 17.0 Å². The fourth-order valence-corrected chi connectivity index (χ4v) is 8.08. The molecule has 0 saturated heterocycles. The van der Waals surface area contributed by atoms with Crippen molar-refractivity contribution in [2.24, 2.45) is 22.2 Å². The molecule has 1 amide bonds. The zero-order valence-corrected chi connectivity index (χ0v) is 21.9. The molecule has 2 aromatic carbocycles. The van der Waals surface area contributed by atoms with Crippen molar-refractivity contribution < 1.29 is 31.1 Å². The molecule has 200 valence electrons. The van der Waals surface area contributed by atoms with Crippen LogP contribution in [0.3, 0.4) is 0 Å². The third kappa shape index (κ3) is 4.13. The molecule has 0 aromatic heterocycles. The topological polar surface area (TPSA) is 145 Å². The van der Waals surface area contributed by atoms with Crippen LogP contribution >= 0.6 is 0 Å². The number of amidine groups is 1. The van der Waals surface area contributed by atoms with Crippen molar-refractivity contribution in [3.63, 3.8) is 0 Å². The third-order valence-electron chi connectivity index (χ3n) is 7.81. The van der Waals surface area contributed by atoms with Gasteiger partial charge >= 0.3 is 0 Å². The maximum Gasteiger partial charge on any atom is 0.286 e. The Hall–Kier alpha value is -3.45. The van der Waals surface area contributed by atoms with E-state index in [9.17, 15) is 31.1 Å². The van der Waals surface area contributed by atoms with Gasteiger partial charge in [-0.25, -0.2) is 12.8 Å². The van der Waals surface area contributed by atoms with E-state index in [1.165, 1.54) is 24.3 Å². The van der Waals surface area contributed by atoms with E-state index < -0.39 is 31.8 Å². The number of amides is 1. The number of anilines is 2. The van der Waals surface area contributed by atoms with E-state index >= 15 is 0 Å². The van der Waals surface area contributed by atoms with Gasteiger partial charge in [0, 0.05) is 24.2 Å². The second kappa shape index (κ2) is 8.53. The van der Waals surface area contributed by atoms with Crippen LogP contribution in [0, 0.1) is 23.6 Å². The summed E-state index contributed by atoms with van der Waals surface area (Å²) in [5.41, 5.74) is 0.654. The molecule has 2 bridgehead atoms. The number of rotatable bonds is 5. The Bertz CT molecular complexity index is 1640. The quantitative estimate of drug-likeness (QED) is 0.510. The number of benzene rings is 2. The lowest BCUT2D eigenvalue weighted by molar-refractivity contribution is -0.134. The van der Waals surface area contributed by atoms with Crippen molar-refractivity contribution in [1.29, 1.82) is 0 Å². The first kappa shape index (κ1) is 24.9. The van der Waals surface area contributed by atoms with Crippen molar-refractivity contribution in [2.75, 3.05) is 16.3 Å². The third-order valence-corrected chi connectivity index (χ3v) is 9.73. The number of aliphatic hydroxyl groups excluding tert-OH is 1. The lowest BCUT2D eigenvalue weighted by atomic mass is 9.77. The molecule has 2 unspecified atom stereocenters. The van der Waals surface area contributed by atoms with Crippen LogP contribution in [0.2, 0.25) is 0 Å². The number of nitrogens with one attached hydrogen (secondary N) is 2. The second-order valence-corrected chi connectivity index (χ2v) is 13.6. The molecule has 0 spiro atoms. The van der Waals surface area contributed by atoms with Crippen molar-refractivity contribution in [1.82, 2.24) is 4.90 Å². The van der Waals surface area contributed by atoms with E-state index in [0.717, 1.165) is 31.6 Å². The highest BCUT2D eigenvalue weighted by Gasteiger charge is 2.57. The first-order chi connectivity index (χ1) is 17.9. The molecule has 0 radical (unpaired) electrons. The largest absolute Gasteiger partial charge is 0.511 e. The molecule has 2 fully saturated rings. The Morgan fingerprint density at radius 3 is 2.58 bits per heavy atom. The molecule has 2 aromatic rings. The van der Waals surface area contributed by atoms with Crippen LogP contribution in [-0.4, -0.2) is 50.9 Å². The zero-order valence-electron chi connectivity index (χ0n) is 20.3. The van der Waals surface area contributed by atoms with Crippen LogP contribution in [0.15, 0.2) is 63.1 Å². The minimum absolute atomic E-state index is 0.0429. The van der Waals surface area contributed by atoms with Gasteiger partial charge in [-0.2, -0.15) is 8.42 Å². The predicted molar refractivity (Wildman–Crippen MR) is 138 cm³/mol. The summed E-state index contributed by atoms with van der Waals surface area (Å²) in [4.78, 5) is 15.3. The Morgan fingerprint density at radius 1 is 1.16 bits per heavy atom. The molecule has 6 rings (SSSR count). The molecular formula is C25H25FN4O6S2. The summed E-state index contributed by atoms with van der Waals surface area (Å²) < 4.78 is 69.0. The van der Waals surface area contributed by atoms with Gasteiger partial charge in [-0.3, -0.25) is 9.52 Å². The van der Waals surface area contributed by atoms with Gasteiger partial charge in [-0.05, 0) is 67.0 Å². The number of nitrogens with zero attached hydrogens (tertiary/aromatic N) is 2. The Labute approximate surface area is 219 Å². The van der Waals surface area contributed by atoms with E-state index in [-0.39, 0.29) is 63.8 Å². The van der Waals surface area contributed by atoms with Crippen LogP contribution < -0.4 is 10.0 Å². The highest BCUT2D eigenvalue weighted by atomic mass is 32.2. The number of sulfonamides is 2. The summed E-state index contributed by atoms with van der Waals surface area (Å²) in [6.07, 6.45) is 3.64. The molecule has 4 aliphatic rings. The maximum absolute atomic E-state index is 13.9. The van der Waals surface area contributed by atoms with Crippen LogP contribution in [0.1, 0.15) is 24.8 Å². The van der Waals surface area contributed by atoms with E-state index in [0.29, 0.717) is 5.56 Å². The lowest BCUT2D eigenvalue weighted by Gasteiger charge is -2.44.